The van der Waals surface area contributed by atoms with Gasteiger partial charge in [0.25, 0.3) is 0 Å². The molecule has 204 valence electrons. The molecule has 11 heteroatoms. The Bertz CT molecular complexity index is 1910. The Balaban J connectivity index is 1.56. The molecule has 6 rings (SSSR count). The van der Waals surface area contributed by atoms with Gasteiger partial charge in [-0.2, -0.15) is 0 Å². The van der Waals surface area contributed by atoms with Crippen molar-refractivity contribution >= 4 is 9.84 Å². The fraction of sp³-hybridized carbons (Fsp3) is 0.172. The molecule has 0 amide bonds. The van der Waals surface area contributed by atoms with Gasteiger partial charge in [-0.3, -0.25) is 0 Å². The molecule has 8 nitrogen and oxygen atoms in total. The zero-order valence-electron chi connectivity index (χ0n) is 21.9. The van der Waals surface area contributed by atoms with Crippen LogP contribution in [0.3, 0.4) is 0 Å². The summed E-state index contributed by atoms with van der Waals surface area (Å²) in [6.07, 6.45) is -0.691. The van der Waals surface area contributed by atoms with E-state index in [0.29, 0.717) is 34.0 Å². The summed E-state index contributed by atoms with van der Waals surface area (Å²) >= 11 is 0. The molecule has 0 bridgehead atoms. The lowest BCUT2D eigenvalue weighted by molar-refractivity contribution is -0.286. The molecular formula is C29H23F2N3O5S. The summed E-state index contributed by atoms with van der Waals surface area (Å²) < 4.78 is 68.9. The number of nitrogens with zero attached hydrogens (tertiary/aromatic N) is 3. The third-order valence-corrected chi connectivity index (χ3v) is 7.62. The van der Waals surface area contributed by atoms with Crippen molar-refractivity contribution in [2.24, 2.45) is 0 Å². The Morgan fingerprint density at radius 3 is 2.30 bits per heavy atom. The second kappa shape index (κ2) is 9.02. The van der Waals surface area contributed by atoms with E-state index in [1.807, 2.05) is 48.9 Å². The van der Waals surface area contributed by atoms with Crippen LogP contribution in [0, 0.1) is 20.8 Å². The summed E-state index contributed by atoms with van der Waals surface area (Å²) in [5.74, 6) is 1.26. The van der Waals surface area contributed by atoms with Crippen molar-refractivity contribution in [3.8, 4) is 50.9 Å². The van der Waals surface area contributed by atoms with Crippen LogP contribution < -0.4 is 9.47 Å². The Hall–Kier alpha value is -4.51. The summed E-state index contributed by atoms with van der Waals surface area (Å²) in [6, 6.07) is 16.8. The van der Waals surface area contributed by atoms with Crippen LogP contribution in [0.25, 0.3) is 39.4 Å². The number of oxazole rings is 1. The van der Waals surface area contributed by atoms with Crippen LogP contribution in [0.5, 0.6) is 11.5 Å². The SMILES string of the molecule is Cc1cn(-c2ccc(-c3cccc(S(C)(=O)=O)c3)cc2-c2nc(C)oc2-c2ccc3c(c2)OC(F)(F)O3)c(C)n1. The quantitative estimate of drug-likeness (QED) is 0.240. The molecule has 0 unspecified atom stereocenters. The molecule has 1 aliphatic heterocycles. The van der Waals surface area contributed by atoms with E-state index in [1.54, 1.807) is 31.2 Å². The van der Waals surface area contributed by atoms with Crippen molar-refractivity contribution in [2.45, 2.75) is 32.0 Å². The number of benzene rings is 3. The van der Waals surface area contributed by atoms with Gasteiger partial charge in [0.05, 0.1) is 16.3 Å². The van der Waals surface area contributed by atoms with Gasteiger partial charge in [0, 0.05) is 30.5 Å². The Morgan fingerprint density at radius 2 is 1.57 bits per heavy atom. The predicted octanol–water partition coefficient (Wildman–Crippen LogP) is 6.51. The van der Waals surface area contributed by atoms with Crippen LogP contribution in [0.4, 0.5) is 8.78 Å². The highest BCUT2D eigenvalue weighted by Gasteiger charge is 2.43. The van der Waals surface area contributed by atoms with Gasteiger partial charge in [-0.25, -0.2) is 18.4 Å². The highest BCUT2D eigenvalue weighted by atomic mass is 32.2. The molecule has 0 N–H and O–H groups in total. The Kier molecular flexibility index (Phi) is 5.81. The Morgan fingerprint density at radius 1 is 0.850 bits per heavy atom. The summed E-state index contributed by atoms with van der Waals surface area (Å²) in [7, 11) is -3.42. The number of halogens is 2. The molecule has 3 heterocycles. The number of rotatable bonds is 5. The smallest absolute Gasteiger partial charge is 0.440 e. The van der Waals surface area contributed by atoms with E-state index in [1.165, 1.54) is 12.1 Å². The Labute approximate surface area is 228 Å². The molecule has 0 atom stereocenters. The van der Waals surface area contributed by atoms with E-state index in [4.69, 9.17) is 4.42 Å². The number of hydrogen-bond acceptors (Lipinski definition) is 7. The summed E-state index contributed by atoms with van der Waals surface area (Å²) in [5.41, 5.74) is 4.61. The standard InChI is InChI=1S/C29H23F2N3O5S/c1-16-15-34(17(2)32-16)24-10-8-20(19-6-5-7-22(12-19)40(4,35)36)13-23(24)27-28(37-18(3)33-27)21-9-11-25-26(14-21)39-29(30,31)38-25/h5-15H,1-4H3. The molecule has 0 spiro atoms. The fourth-order valence-electron chi connectivity index (χ4n) is 4.78. The van der Waals surface area contributed by atoms with Gasteiger partial charge in [-0.05, 0) is 67.4 Å². The molecule has 3 aromatic carbocycles. The molecule has 0 saturated carbocycles. The molecule has 0 radical (unpaired) electrons. The number of sulfone groups is 1. The average molecular weight is 564 g/mol. The van der Waals surface area contributed by atoms with E-state index in [0.717, 1.165) is 29.0 Å². The number of aromatic nitrogens is 3. The maximum atomic E-state index is 13.7. The normalized spacial score (nSPS) is 14.1. The number of aryl methyl sites for hydroxylation is 3. The van der Waals surface area contributed by atoms with E-state index >= 15 is 0 Å². The number of ether oxygens (including phenoxy) is 2. The van der Waals surface area contributed by atoms with Crippen LogP contribution in [-0.2, 0) is 9.84 Å². The predicted molar refractivity (Wildman–Crippen MR) is 143 cm³/mol. The lowest BCUT2D eigenvalue weighted by atomic mass is 9.98. The fourth-order valence-corrected chi connectivity index (χ4v) is 5.45. The maximum Gasteiger partial charge on any atom is 0.586 e. The molecule has 0 aliphatic carbocycles. The van der Waals surface area contributed by atoms with Crippen molar-refractivity contribution in [3.05, 3.63) is 84.3 Å². The number of alkyl halides is 2. The first-order valence-corrected chi connectivity index (χ1v) is 14.1. The lowest BCUT2D eigenvalue weighted by Crippen LogP contribution is -2.25. The van der Waals surface area contributed by atoms with E-state index in [9.17, 15) is 17.2 Å². The number of fused-ring (bicyclic) bond motifs is 1. The number of hydrogen-bond donors (Lipinski definition) is 0. The minimum Gasteiger partial charge on any atom is -0.440 e. The van der Waals surface area contributed by atoms with Gasteiger partial charge >= 0.3 is 6.29 Å². The lowest BCUT2D eigenvalue weighted by Gasteiger charge is -2.14. The summed E-state index contributed by atoms with van der Waals surface area (Å²) in [4.78, 5) is 9.41. The maximum absolute atomic E-state index is 13.7. The minimum absolute atomic E-state index is 0.0792. The van der Waals surface area contributed by atoms with Gasteiger partial charge in [0.2, 0.25) is 0 Å². The van der Waals surface area contributed by atoms with Gasteiger partial charge in [0.15, 0.2) is 33.0 Å². The van der Waals surface area contributed by atoms with Crippen molar-refractivity contribution in [2.75, 3.05) is 6.26 Å². The minimum atomic E-state index is -3.75. The summed E-state index contributed by atoms with van der Waals surface area (Å²) in [6.45, 7) is 5.47. The molecule has 40 heavy (non-hydrogen) atoms. The van der Waals surface area contributed by atoms with Gasteiger partial charge < -0.3 is 18.5 Å². The van der Waals surface area contributed by atoms with Crippen molar-refractivity contribution in [1.82, 2.24) is 14.5 Å². The summed E-state index contributed by atoms with van der Waals surface area (Å²) in [5, 5.41) is 0. The first kappa shape index (κ1) is 25.8. The van der Waals surface area contributed by atoms with E-state index < -0.39 is 16.1 Å². The molecule has 2 aromatic heterocycles. The van der Waals surface area contributed by atoms with Crippen LogP contribution in [-0.4, -0.2) is 35.5 Å². The second-order valence-corrected chi connectivity index (χ2v) is 11.6. The zero-order valence-corrected chi connectivity index (χ0v) is 22.7. The first-order valence-electron chi connectivity index (χ1n) is 12.2. The van der Waals surface area contributed by atoms with Crippen LogP contribution in [0.2, 0.25) is 0 Å². The van der Waals surface area contributed by atoms with Gasteiger partial charge in [0.1, 0.15) is 11.5 Å². The van der Waals surface area contributed by atoms with Gasteiger partial charge in [-0.1, -0.05) is 18.2 Å². The van der Waals surface area contributed by atoms with Gasteiger partial charge in [-0.15, -0.1) is 8.78 Å². The largest absolute Gasteiger partial charge is 0.586 e. The third-order valence-electron chi connectivity index (χ3n) is 6.51. The second-order valence-electron chi connectivity index (χ2n) is 9.57. The molecule has 0 fully saturated rings. The zero-order chi connectivity index (χ0) is 28.4. The molecule has 5 aromatic rings. The monoisotopic (exact) mass is 563 g/mol. The van der Waals surface area contributed by atoms with Crippen molar-refractivity contribution < 1.29 is 31.1 Å². The topological polar surface area (TPSA) is 96.5 Å². The van der Waals surface area contributed by atoms with Crippen molar-refractivity contribution in [1.29, 1.82) is 0 Å². The molecule has 0 saturated heterocycles. The highest BCUT2D eigenvalue weighted by molar-refractivity contribution is 7.90. The highest BCUT2D eigenvalue weighted by Crippen LogP contribution is 2.45. The first-order chi connectivity index (χ1) is 18.9. The van der Waals surface area contributed by atoms with Crippen LogP contribution in [0.15, 0.2) is 76.2 Å². The van der Waals surface area contributed by atoms with E-state index in [-0.39, 0.29) is 16.4 Å². The third kappa shape index (κ3) is 4.62. The molecular weight excluding hydrogens is 540 g/mol. The van der Waals surface area contributed by atoms with Crippen LogP contribution >= 0.6 is 0 Å². The van der Waals surface area contributed by atoms with Crippen molar-refractivity contribution in [3.63, 3.8) is 0 Å². The molecule has 1 aliphatic rings. The van der Waals surface area contributed by atoms with Crippen LogP contribution in [0.1, 0.15) is 17.4 Å². The number of imidazole rings is 1. The van der Waals surface area contributed by atoms with E-state index in [2.05, 4.69) is 19.4 Å². The average Bonchev–Trinajstić information content (AvgIpc) is 3.54.